The molecule has 3 atom stereocenters. The van der Waals surface area contributed by atoms with Crippen LogP contribution in [0.15, 0.2) is 23.8 Å². The minimum absolute atomic E-state index is 0.0323. The van der Waals surface area contributed by atoms with Crippen LogP contribution in [0.5, 0.6) is 0 Å². The number of hydrogen-bond acceptors (Lipinski definition) is 7. The largest absolute Gasteiger partial charge is 0.480 e. The highest BCUT2D eigenvalue weighted by atomic mass is 32.1. The fourth-order valence-electron chi connectivity index (χ4n) is 3.43. The van der Waals surface area contributed by atoms with Crippen molar-refractivity contribution >= 4 is 35.0 Å². The van der Waals surface area contributed by atoms with Gasteiger partial charge >= 0.3 is 5.97 Å². The molecule has 0 spiro atoms. The van der Waals surface area contributed by atoms with Crippen LogP contribution < -0.4 is 27.4 Å². The van der Waals surface area contributed by atoms with Crippen molar-refractivity contribution in [3.05, 3.63) is 33.5 Å². The molecule has 0 radical (unpaired) electrons. The summed E-state index contributed by atoms with van der Waals surface area (Å²) in [4.78, 5) is 38.1. The molecular formula is C21H32N6O4S. The summed E-state index contributed by atoms with van der Waals surface area (Å²) in [6.45, 7) is 2.68. The number of hydrogen-bond donors (Lipinski definition) is 7. The normalized spacial score (nSPS) is 17.3. The van der Waals surface area contributed by atoms with E-state index < -0.39 is 35.9 Å². The fraction of sp³-hybridized carbons (Fsp3) is 0.524. The number of rotatable bonds is 13. The van der Waals surface area contributed by atoms with Gasteiger partial charge in [0.05, 0.1) is 12.1 Å². The van der Waals surface area contributed by atoms with Crippen LogP contribution in [0.2, 0.25) is 0 Å². The second-order valence-corrected chi connectivity index (χ2v) is 8.96. The lowest BCUT2D eigenvalue weighted by atomic mass is 10.0. The molecule has 0 aliphatic carbocycles. The van der Waals surface area contributed by atoms with E-state index in [9.17, 15) is 19.5 Å². The van der Waals surface area contributed by atoms with Crippen LogP contribution in [0, 0.1) is 5.41 Å². The Kier molecular flexibility index (Phi) is 9.82. The zero-order valence-corrected chi connectivity index (χ0v) is 19.0. The van der Waals surface area contributed by atoms with Gasteiger partial charge in [0.1, 0.15) is 11.9 Å². The van der Waals surface area contributed by atoms with E-state index in [1.807, 2.05) is 18.2 Å². The van der Waals surface area contributed by atoms with E-state index in [0.29, 0.717) is 6.54 Å². The number of amides is 2. The molecule has 9 N–H and O–H groups in total. The third-order valence-electron chi connectivity index (χ3n) is 5.06. The molecular weight excluding hydrogens is 432 g/mol. The van der Waals surface area contributed by atoms with Gasteiger partial charge in [0.2, 0.25) is 11.8 Å². The summed E-state index contributed by atoms with van der Waals surface area (Å²) >= 11 is 1.55. The topological polar surface area (TPSA) is 183 Å². The minimum Gasteiger partial charge on any atom is -0.480 e. The maximum absolute atomic E-state index is 12.2. The molecule has 1 aromatic rings. The number of thiophene rings is 1. The van der Waals surface area contributed by atoms with Crippen molar-refractivity contribution in [3.8, 4) is 0 Å². The highest BCUT2D eigenvalue weighted by Gasteiger charge is 2.25. The predicted molar refractivity (Wildman–Crippen MR) is 124 cm³/mol. The SMILES string of the molecule is CCCc1ccc(CC(NC(=O)CCNC(=O)C(N)CC2=CCNC2C(=N)N)C(=O)O)s1. The van der Waals surface area contributed by atoms with Crippen molar-refractivity contribution in [1.29, 1.82) is 5.41 Å². The van der Waals surface area contributed by atoms with Crippen LogP contribution in [0.3, 0.4) is 0 Å². The summed E-state index contributed by atoms with van der Waals surface area (Å²) in [5.41, 5.74) is 12.3. The summed E-state index contributed by atoms with van der Waals surface area (Å²) in [7, 11) is 0. The van der Waals surface area contributed by atoms with Gasteiger partial charge in [-0.15, -0.1) is 11.3 Å². The second-order valence-electron chi connectivity index (χ2n) is 7.71. The van der Waals surface area contributed by atoms with Gasteiger partial charge in [-0.25, -0.2) is 4.79 Å². The fourth-order valence-corrected chi connectivity index (χ4v) is 4.59. The summed E-state index contributed by atoms with van der Waals surface area (Å²) in [5, 5.41) is 25.1. The van der Waals surface area contributed by atoms with E-state index in [1.54, 1.807) is 11.3 Å². The van der Waals surface area contributed by atoms with Crippen LogP contribution in [0.25, 0.3) is 0 Å². The maximum atomic E-state index is 12.2. The summed E-state index contributed by atoms with van der Waals surface area (Å²) in [5.74, 6) is -2.02. The average Bonchev–Trinajstić information content (AvgIpc) is 3.37. The highest BCUT2D eigenvalue weighted by molar-refractivity contribution is 7.12. The van der Waals surface area contributed by atoms with E-state index in [1.165, 1.54) is 4.88 Å². The molecule has 176 valence electrons. The molecule has 32 heavy (non-hydrogen) atoms. The third kappa shape index (κ3) is 7.74. The van der Waals surface area contributed by atoms with Crippen molar-refractivity contribution in [1.82, 2.24) is 16.0 Å². The lowest BCUT2D eigenvalue weighted by Crippen LogP contribution is -2.46. The number of carboxylic acid groups (broad SMARTS) is 1. The van der Waals surface area contributed by atoms with Crippen LogP contribution in [0.1, 0.15) is 35.9 Å². The maximum Gasteiger partial charge on any atom is 0.326 e. The van der Waals surface area contributed by atoms with Gasteiger partial charge in [-0.2, -0.15) is 0 Å². The average molecular weight is 465 g/mol. The Morgan fingerprint density at radius 3 is 2.69 bits per heavy atom. The van der Waals surface area contributed by atoms with Crippen LogP contribution in [-0.4, -0.2) is 59.9 Å². The number of carbonyl (C=O) groups is 3. The van der Waals surface area contributed by atoms with E-state index in [-0.39, 0.29) is 31.6 Å². The Labute approximate surface area is 191 Å². The lowest BCUT2D eigenvalue weighted by molar-refractivity contribution is -0.141. The number of nitrogens with two attached hydrogens (primary N) is 2. The van der Waals surface area contributed by atoms with Gasteiger partial charge in [-0.1, -0.05) is 19.4 Å². The Morgan fingerprint density at radius 1 is 1.31 bits per heavy atom. The zero-order chi connectivity index (χ0) is 23.7. The van der Waals surface area contributed by atoms with Crippen LogP contribution in [0.4, 0.5) is 0 Å². The smallest absolute Gasteiger partial charge is 0.326 e. The zero-order valence-electron chi connectivity index (χ0n) is 18.1. The van der Waals surface area contributed by atoms with Gasteiger partial charge in [-0.05, 0) is 30.5 Å². The third-order valence-corrected chi connectivity index (χ3v) is 6.23. The number of carboxylic acids is 1. The Morgan fingerprint density at radius 2 is 2.03 bits per heavy atom. The Bertz CT molecular complexity index is 868. The van der Waals surface area contributed by atoms with Crippen molar-refractivity contribution in [2.24, 2.45) is 11.5 Å². The predicted octanol–water partition coefficient (Wildman–Crippen LogP) is -0.130. The van der Waals surface area contributed by atoms with Crippen LogP contribution in [-0.2, 0) is 27.2 Å². The standard InChI is InChI=1S/C21H32N6O4S/c1-2-3-13-4-5-14(32-13)11-16(21(30)31)27-17(28)7-9-26-20(29)15(22)10-12-6-8-25-18(12)19(23)24/h4-6,15-16,18,25H,2-3,7-11,22H2,1H3,(H3,23,24)(H,26,29)(H,27,28)(H,30,31). The molecule has 11 heteroatoms. The van der Waals surface area contributed by atoms with E-state index >= 15 is 0 Å². The molecule has 2 amide bonds. The first-order chi connectivity index (χ1) is 15.2. The Balaban J connectivity index is 1.76. The van der Waals surface area contributed by atoms with Gasteiger partial charge in [0.25, 0.3) is 0 Å². The molecule has 0 saturated carbocycles. The molecule has 0 aromatic carbocycles. The molecule has 2 heterocycles. The van der Waals surface area contributed by atoms with E-state index in [4.69, 9.17) is 16.9 Å². The molecule has 2 rings (SSSR count). The number of aliphatic carboxylic acids is 1. The molecule has 1 aliphatic heterocycles. The van der Waals surface area contributed by atoms with Crippen molar-refractivity contribution in [2.75, 3.05) is 13.1 Å². The monoisotopic (exact) mass is 464 g/mol. The summed E-state index contributed by atoms with van der Waals surface area (Å²) < 4.78 is 0. The van der Waals surface area contributed by atoms with Gasteiger partial charge in [0.15, 0.2) is 0 Å². The first-order valence-electron chi connectivity index (χ1n) is 10.6. The van der Waals surface area contributed by atoms with Gasteiger partial charge in [-0.3, -0.25) is 15.0 Å². The van der Waals surface area contributed by atoms with Crippen LogP contribution >= 0.6 is 11.3 Å². The van der Waals surface area contributed by atoms with Crippen molar-refractivity contribution < 1.29 is 19.5 Å². The van der Waals surface area contributed by atoms with Gasteiger partial charge in [0, 0.05) is 35.7 Å². The number of carbonyl (C=O) groups excluding carboxylic acids is 2. The van der Waals surface area contributed by atoms with E-state index in [0.717, 1.165) is 23.3 Å². The first-order valence-corrected chi connectivity index (χ1v) is 11.4. The molecule has 3 unspecified atom stereocenters. The number of amidine groups is 1. The van der Waals surface area contributed by atoms with Gasteiger partial charge < -0.3 is 32.5 Å². The molecule has 1 aromatic heterocycles. The number of nitrogens with one attached hydrogen (secondary N) is 4. The molecule has 1 aliphatic rings. The highest BCUT2D eigenvalue weighted by Crippen LogP contribution is 2.19. The first kappa shape index (κ1) is 25.5. The van der Waals surface area contributed by atoms with Crippen molar-refractivity contribution in [3.63, 3.8) is 0 Å². The molecule has 0 bridgehead atoms. The quantitative estimate of drug-likeness (QED) is 0.120. The molecule has 0 saturated heterocycles. The second kappa shape index (κ2) is 12.3. The molecule has 10 nitrogen and oxygen atoms in total. The molecule has 0 fully saturated rings. The van der Waals surface area contributed by atoms with Crippen molar-refractivity contribution in [2.45, 2.75) is 57.2 Å². The lowest BCUT2D eigenvalue weighted by Gasteiger charge is -2.18. The summed E-state index contributed by atoms with van der Waals surface area (Å²) in [6, 6.07) is 1.60. The minimum atomic E-state index is -1.10. The summed E-state index contributed by atoms with van der Waals surface area (Å²) in [6.07, 6.45) is 4.22. The van der Waals surface area contributed by atoms with E-state index in [2.05, 4.69) is 22.9 Å². The Hall–Kier alpha value is -2.76. The number of aryl methyl sites for hydroxylation is 1.